The van der Waals surface area contributed by atoms with Gasteiger partial charge in [-0.3, -0.25) is 0 Å². The quantitative estimate of drug-likeness (QED) is 0.612. The Labute approximate surface area is 87.1 Å². The van der Waals surface area contributed by atoms with E-state index in [1.165, 1.54) is 13.0 Å². The van der Waals surface area contributed by atoms with Crippen LogP contribution in [0.3, 0.4) is 0 Å². The highest BCUT2D eigenvalue weighted by atomic mass is 16.1. The van der Waals surface area contributed by atoms with E-state index in [-0.39, 0.29) is 0 Å². The van der Waals surface area contributed by atoms with Crippen LogP contribution in [0.1, 0.15) is 19.3 Å². The molecule has 0 aromatic rings. The number of piperidine rings is 1. The van der Waals surface area contributed by atoms with Gasteiger partial charge in [-0.2, -0.15) is 0 Å². The van der Waals surface area contributed by atoms with Crippen molar-refractivity contribution in [3.8, 4) is 0 Å². The van der Waals surface area contributed by atoms with Crippen LogP contribution in [0.5, 0.6) is 0 Å². The molecule has 1 aliphatic rings. The molecule has 82 valence electrons. The fraction of sp³-hybridized carbons (Fsp3) is 0.909. The number of carbonyl (C=O) groups is 1. The van der Waals surface area contributed by atoms with Crippen molar-refractivity contribution in [1.82, 2.24) is 9.80 Å². The summed E-state index contributed by atoms with van der Waals surface area (Å²) in [5.41, 5.74) is 0. The Balaban J connectivity index is 2.07. The van der Waals surface area contributed by atoms with Gasteiger partial charge >= 0.3 is 0 Å². The van der Waals surface area contributed by atoms with E-state index in [1.807, 2.05) is 0 Å². The van der Waals surface area contributed by atoms with Crippen LogP contribution in [-0.4, -0.2) is 56.4 Å². The maximum atomic E-state index is 10.5. The van der Waals surface area contributed by atoms with E-state index in [0.717, 1.165) is 38.8 Å². The van der Waals surface area contributed by atoms with Crippen molar-refractivity contribution >= 4 is 6.29 Å². The molecule has 1 saturated heterocycles. The third kappa shape index (κ3) is 4.20. The van der Waals surface area contributed by atoms with E-state index < -0.39 is 0 Å². The summed E-state index contributed by atoms with van der Waals surface area (Å²) in [4.78, 5) is 15.2. The highest BCUT2D eigenvalue weighted by Gasteiger charge is 2.17. The Morgan fingerprint density at radius 2 is 2.00 bits per heavy atom. The molecule has 0 spiro atoms. The van der Waals surface area contributed by atoms with E-state index in [4.69, 9.17) is 0 Å². The van der Waals surface area contributed by atoms with Gasteiger partial charge in [0.25, 0.3) is 0 Å². The van der Waals surface area contributed by atoms with Gasteiger partial charge in [0, 0.05) is 5.92 Å². The molecule has 0 aliphatic carbocycles. The predicted octanol–water partition coefficient (Wildman–Crippen LogP) is 0.849. The zero-order valence-electron chi connectivity index (χ0n) is 9.41. The Morgan fingerprint density at radius 3 is 2.50 bits per heavy atom. The van der Waals surface area contributed by atoms with Gasteiger partial charge in [-0.1, -0.05) is 0 Å². The fourth-order valence-electron chi connectivity index (χ4n) is 1.92. The summed E-state index contributed by atoms with van der Waals surface area (Å²) in [6, 6.07) is 0. The van der Waals surface area contributed by atoms with E-state index in [9.17, 15) is 4.79 Å². The molecule has 1 aliphatic heterocycles. The van der Waals surface area contributed by atoms with Crippen molar-refractivity contribution in [2.75, 3.05) is 40.3 Å². The smallest absolute Gasteiger partial charge is 0.123 e. The maximum absolute atomic E-state index is 10.5. The number of hydrogen-bond donors (Lipinski definition) is 0. The van der Waals surface area contributed by atoms with Crippen LogP contribution in [0.2, 0.25) is 0 Å². The summed E-state index contributed by atoms with van der Waals surface area (Å²) in [6.45, 7) is 4.56. The molecule has 0 atom stereocenters. The molecule has 0 bridgehead atoms. The molecule has 0 aromatic carbocycles. The molecule has 1 rings (SSSR count). The summed E-state index contributed by atoms with van der Waals surface area (Å²) in [6.07, 6.45) is 4.48. The van der Waals surface area contributed by atoms with E-state index in [1.54, 1.807) is 0 Å². The fourth-order valence-corrected chi connectivity index (χ4v) is 1.92. The van der Waals surface area contributed by atoms with Crippen molar-refractivity contribution in [2.24, 2.45) is 5.92 Å². The van der Waals surface area contributed by atoms with E-state index in [2.05, 4.69) is 23.9 Å². The van der Waals surface area contributed by atoms with Gasteiger partial charge in [-0.15, -0.1) is 0 Å². The topological polar surface area (TPSA) is 23.6 Å². The molecule has 0 aromatic heterocycles. The van der Waals surface area contributed by atoms with Gasteiger partial charge < -0.3 is 14.6 Å². The lowest BCUT2D eigenvalue weighted by atomic mass is 9.98. The van der Waals surface area contributed by atoms with Crippen molar-refractivity contribution in [2.45, 2.75) is 19.3 Å². The average Bonchev–Trinajstić information content (AvgIpc) is 2.18. The van der Waals surface area contributed by atoms with Gasteiger partial charge in [0.2, 0.25) is 0 Å². The highest BCUT2D eigenvalue weighted by molar-refractivity contribution is 5.53. The van der Waals surface area contributed by atoms with Gasteiger partial charge in [0.1, 0.15) is 6.29 Å². The van der Waals surface area contributed by atoms with Crippen LogP contribution in [0.4, 0.5) is 0 Å². The minimum Gasteiger partial charge on any atom is -0.309 e. The molecule has 0 radical (unpaired) electrons. The Hall–Kier alpha value is -0.410. The molecule has 3 heteroatoms. The summed E-state index contributed by atoms with van der Waals surface area (Å²) in [5.74, 6) is 0.333. The first-order valence-electron chi connectivity index (χ1n) is 5.54. The molecule has 3 nitrogen and oxygen atoms in total. The van der Waals surface area contributed by atoms with Crippen LogP contribution in [-0.2, 0) is 4.79 Å². The molecule has 1 fully saturated rings. The lowest BCUT2D eigenvalue weighted by Gasteiger charge is -2.29. The standard InChI is InChI=1S/C11H22N2O/c1-12(2)6-3-7-13-8-4-11(10-14)5-9-13/h10-11H,3-9H2,1-2H3. The van der Waals surface area contributed by atoms with Crippen molar-refractivity contribution in [3.05, 3.63) is 0 Å². The molecule has 1 heterocycles. The van der Waals surface area contributed by atoms with E-state index in [0.29, 0.717) is 5.92 Å². The molecular formula is C11H22N2O. The number of hydrogen-bond acceptors (Lipinski definition) is 3. The minimum atomic E-state index is 0.333. The predicted molar refractivity (Wildman–Crippen MR) is 58.4 cm³/mol. The number of aldehydes is 1. The maximum Gasteiger partial charge on any atom is 0.123 e. The first kappa shape index (κ1) is 11.7. The third-order valence-electron chi connectivity index (χ3n) is 2.90. The highest BCUT2D eigenvalue weighted by Crippen LogP contribution is 2.14. The number of likely N-dealkylation sites (tertiary alicyclic amines) is 1. The van der Waals surface area contributed by atoms with Gasteiger partial charge in [0.05, 0.1) is 0 Å². The Bertz CT molecular complexity index is 163. The second-order valence-electron chi connectivity index (χ2n) is 4.47. The molecule has 0 amide bonds. The molecular weight excluding hydrogens is 176 g/mol. The number of nitrogens with zero attached hydrogens (tertiary/aromatic N) is 2. The summed E-state index contributed by atoms with van der Waals surface area (Å²) in [5, 5.41) is 0. The summed E-state index contributed by atoms with van der Waals surface area (Å²) < 4.78 is 0. The largest absolute Gasteiger partial charge is 0.309 e. The normalized spacial score (nSPS) is 20.2. The Morgan fingerprint density at radius 1 is 1.36 bits per heavy atom. The number of rotatable bonds is 5. The summed E-state index contributed by atoms with van der Waals surface area (Å²) >= 11 is 0. The van der Waals surface area contributed by atoms with Crippen LogP contribution >= 0.6 is 0 Å². The monoisotopic (exact) mass is 198 g/mol. The molecule has 14 heavy (non-hydrogen) atoms. The van der Waals surface area contributed by atoms with Gasteiger partial charge in [-0.05, 0) is 59.5 Å². The van der Waals surface area contributed by atoms with Crippen LogP contribution in [0.15, 0.2) is 0 Å². The lowest BCUT2D eigenvalue weighted by Crippen LogP contribution is -2.35. The second-order valence-corrected chi connectivity index (χ2v) is 4.47. The molecule has 0 N–H and O–H groups in total. The van der Waals surface area contributed by atoms with Gasteiger partial charge in [0.15, 0.2) is 0 Å². The minimum absolute atomic E-state index is 0.333. The SMILES string of the molecule is CN(C)CCCN1CCC(C=O)CC1. The van der Waals surface area contributed by atoms with Crippen LogP contribution in [0, 0.1) is 5.92 Å². The first-order chi connectivity index (χ1) is 6.72. The lowest BCUT2D eigenvalue weighted by molar-refractivity contribution is -0.112. The van der Waals surface area contributed by atoms with Crippen LogP contribution < -0.4 is 0 Å². The van der Waals surface area contributed by atoms with Crippen molar-refractivity contribution in [1.29, 1.82) is 0 Å². The Kier molecular flexibility index (Phi) is 5.12. The van der Waals surface area contributed by atoms with Gasteiger partial charge in [-0.25, -0.2) is 0 Å². The van der Waals surface area contributed by atoms with Crippen molar-refractivity contribution in [3.63, 3.8) is 0 Å². The molecule has 0 unspecified atom stereocenters. The number of carbonyl (C=O) groups excluding carboxylic acids is 1. The average molecular weight is 198 g/mol. The van der Waals surface area contributed by atoms with Crippen molar-refractivity contribution < 1.29 is 4.79 Å². The van der Waals surface area contributed by atoms with E-state index >= 15 is 0 Å². The third-order valence-corrected chi connectivity index (χ3v) is 2.90. The zero-order valence-corrected chi connectivity index (χ0v) is 9.41. The summed E-state index contributed by atoms with van der Waals surface area (Å²) in [7, 11) is 4.22. The molecule has 0 saturated carbocycles. The second kappa shape index (κ2) is 6.14. The van der Waals surface area contributed by atoms with Crippen LogP contribution in [0.25, 0.3) is 0 Å². The first-order valence-corrected chi connectivity index (χ1v) is 5.54. The zero-order chi connectivity index (χ0) is 10.4.